The van der Waals surface area contributed by atoms with Gasteiger partial charge in [0.25, 0.3) is 0 Å². The van der Waals surface area contributed by atoms with Crippen LogP contribution in [0.1, 0.15) is 51.4 Å². The van der Waals surface area contributed by atoms with Crippen molar-refractivity contribution >= 4 is 17.5 Å². The summed E-state index contributed by atoms with van der Waals surface area (Å²) in [5.74, 6) is 0.878. The molecular weight excluding hydrogens is 312 g/mol. The van der Waals surface area contributed by atoms with Gasteiger partial charge in [0.2, 0.25) is 11.8 Å². The van der Waals surface area contributed by atoms with E-state index >= 15 is 0 Å². The highest BCUT2D eigenvalue weighted by Gasteiger charge is 2.25. The summed E-state index contributed by atoms with van der Waals surface area (Å²) in [5, 5.41) is 2.94. The molecule has 1 N–H and O–H groups in total. The number of likely N-dealkylation sites (tertiary alicyclic amines) is 1. The van der Waals surface area contributed by atoms with Crippen molar-refractivity contribution in [1.82, 2.24) is 4.90 Å². The first-order chi connectivity index (χ1) is 12.2. The van der Waals surface area contributed by atoms with E-state index in [-0.39, 0.29) is 11.8 Å². The highest BCUT2D eigenvalue weighted by molar-refractivity contribution is 5.93. The normalized spacial score (nSPS) is 18.6. The van der Waals surface area contributed by atoms with Gasteiger partial charge in [-0.15, -0.1) is 0 Å². The van der Waals surface area contributed by atoms with Crippen LogP contribution in [0.3, 0.4) is 0 Å². The maximum absolute atomic E-state index is 12.5. The van der Waals surface area contributed by atoms with E-state index in [1.165, 1.54) is 6.42 Å². The lowest BCUT2D eigenvalue weighted by molar-refractivity contribution is -0.129. The second-order valence-corrected chi connectivity index (χ2v) is 7.16. The lowest BCUT2D eigenvalue weighted by Crippen LogP contribution is -2.39. The van der Waals surface area contributed by atoms with Crippen LogP contribution in [0.2, 0.25) is 0 Å². The second-order valence-electron chi connectivity index (χ2n) is 7.16. The van der Waals surface area contributed by atoms with Gasteiger partial charge in [-0.1, -0.05) is 24.3 Å². The first-order valence-electron chi connectivity index (χ1n) is 9.55. The molecule has 1 aromatic carbocycles. The molecule has 0 atom stereocenters. The van der Waals surface area contributed by atoms with Crippen LogP contribution in [0.4, 0.5) is 5.69 Å². The maximum Gasteiger partial charge on any atom is 0.249 e. The largest absolute Gasteiger partial charge is 0.339 e. The van der Waals surface area contributed by atoms with Gasteiger partial charge in [0.1, 0.15) is 0 Å². The van der Waals surface area contributed by atoms with Gasteiger partial charge in [0.05, 0.1) is 0 Å². The van der Waals surface area contributed by atoms with E-state index in [1.807, 2.05) is 35.2 Å². The molecule has 0 aromatic heterocycles. The summed E-state index contributed by atoms with van der Waals surface area (Å²) in [6.07, 6.45) is 9.96. The molecule has 0 saturated carbocycles. The Morgan fingerprint density at radius 2 is 1.84 bits per heavy atom. The highest BCUT2D eigenvalue weighted by atomic mass is 16.2. The number of benzene rings is 1. The Morgan fingerprint density at radius 3 is 2.52 bits per heavy atom. The van der Waals surface area contributed by atoms with E-state index in [4.69, 9.17) is 0 Å². The number of allylic oxidation sites excluding steroid dienone is 1. The number of carbonyl (C=O) groups excluding carboxylic acids is 2. The Labute approximate surface area is 150 Å². The Bertz CT molecular complexity index is 616. The van der Waals surface area contributed by atoms with E-state index < -0.39 is 0 Å². The summed E-state index contributed by atoms with van der Waals surface area (Å²) in [5.41, 5.74) is 1.88. The molecular formula is C21H28N2O2. The van der Waals surface area contributed by atoms with Crippen LogP contribution in [-0.2, 0) is 9.59 Å². The minimum Gasteiger partial charge on any atom is -0.339 e. The number of carbonyl (C=O) groups is 2. The molecule has 1 aliphatic carbocycles. The molecule has 1 fully saturated rings. The van der Waals surface area contributed by atoms with Gasteiger partial charge in [-0.05, 0) is 63.0 Å². The Balaban J connectivity index is 1.38. The number of rotatable bonds is 5. The van der Waals surface area contributed by atoms with Gasteiger partial charge >= 0.3 is 0 Å². The summed E-state index contributed by atoms with van der Waals surface area (Å²) >= 11 is 0. The lowest BCUT2D eigenvalue weighted by atomic mass is 9.91. The molecule has 25 heavy (non-hydrogen) atoms. The van der Waals surface area contributed by atoms with E-state index in [0.29, 0.717) is 12.3 Å². The van der Waals surface area contributed by atoms with Crippen molar-refractivity contribution in [2.24, 2.45) is 5.92 Å². The summed E-state index contributed by atoms with van der Waals surface area (Å²) < 4.78 is 0. The number of hydrogen-bond donors (Lipinski definition) is 1. The molecule has 0 unspecified atom stereocenters. The molecule has 0 bridgehead atoms. The zero-order valence-electron chi connectivity index (χ0n) is 14.9. The fourth-order valence-corrected chi connectivity index (χ4v) is 3.74. The van der Waals surface area contributed by atoms with Crippen molar-refractivity contribution in [2.75, 3.05) is 18.4 Å². The number of para-hydroxylation sites is 1. The average Bonchev–Trinajstić information content (AvgIpc) is 2.68. The Morgan fingerprint density at radius 1 is 1.08 bits per heavy atom. The molecule has 3 rings (SSSR count). The number of piperidine rings is 1. The zero-order valence-corrected chi connectivity index (χ0v) is 14.9. The number of nitrogens with one attached hydrogen (secondary N) is 1. The van der Waals surface area contributed by atoms with Crippen molar-refractivity contribution in [3.8, 4) is 0 Å². The Kier molecular flexibility index (Phi) is 6.26. The first kappa shape index (κ1) is 17.7. The molecule has 4 nitrogen and oxygen atoms in total. The molecule has 1 heterocycles. The topological polar surface area (TPSA) is 49.4 Å². The van der Waals surface area contributed by atoms with E-state index in [1.54, 1.807) is 0 Å². The van der Waals surface area contributed by atoms with Crippen LogP contribution in [0.15, 0.2) is 42.0 Å². The van der Waals surface area contributed by atoms with E-state index in [0.717, 1.165) is 62.9 Å². The first-order valence-corrected chi connectivity index (χ1v) is 9.55. The van der Waals surface area contributed by atoms with Crippen molar-refractivity contribution in [3.63, 3.8) is 0 Å². The predicted molar refractivity (Wildman–Crippen MR) is 100 cm³/mol. The van der Waals surface area contributed by atoms with Gasteiger partial charge in [0.15, 0.2) is 0 Å². The quantitative estimate of drug-likeness (QED) is 0.875. The molecule has 2 amide bonds. The smallest absolute Gasteiger partial charge is 0.249 e. The molecule has 134 valence electrons. The molecule has 1 aromatic rings. The summed E-state index contributed by atoms with van der Waals surface area (Å²) in [4.78, 5) is 26.6. The third-order valence-electron chi connectivity index (χ3n) is 5.30. The number of amides is 2. The predicted octanol–water partition coefficient (Wildman–Crippen LogP) is 4.14. The monoisotopic (exact) mass is 340 g/mol. The molecule has 4 heteroatoms. The van der Waals surface area contributed by atoms with Gasteiger partial charge in [-0.2, -0.15) is 0 Å². The van der Waals surface area contributed by atoms with Gasteiger partial charge in [-0.25, -0.2) is 0 Å². The van der Waals surface area contributed by atoms with Crippen molar-refractivity contribution in [3.05, 3.63) is 42.0 Å². The molecule has 2 aliphatic rings. The van der Waals surface area contributed by atoms with Gasteiger partial charge < -0.3 is 10.2 Å². The van der Waals surface area contributed by atoms with Crippen molar-refractivity contribution in [1.29, 1.82) is 0 Å². The third kappa shape index (κ3) is 5.18. The van der Waals surface area contributed by atoms with E-state index in [9.17, 15) is 9.59 Å². The van der Waals surface area contributed by atoms with Crippen LogP contribution >= 0.6 is 0 Å². The van der Waals surface area contributed by atoms with Crippen LogP contribution in [0.5, 0.6) is 0 Å². The molecule has 1 saturated heterocycles. The Hall–Kier alpha value is -2.10. The average molecular weight is 340 g/mol. The molecule has 0 spiro atoms. The zero-order chi connectivity index (χ0) is 17.5. The fourth-order valence-electron chi connectivity index (χ4n) is 3.74. The number of anilines is 1. The van der Waals surface area contributed by atoms with Gasteiger partial charge in [0, 0.05) is 30.8 Å². The maximum atomic E-state index is 12.5. The minimum absolute atomic E-state index is 0.0806. The van der Waals surface area contributed by atoms with Crippen LogP contribution in [0, 0.1) is 5.92 Å². The van der Waals surface area contributed by atoms with E-state index in [2.05, 4.69) is 11.4 Å². The van der Waals surface area contributed by atoms with Crippen molar-refractivity contribution in [2.45, 2.75) is 51.4 Å². The number of hydrogen-bond acceptors (Lipinski definition) is 2. The highest BCUT2D eigenvalue weighted by Crippen LogP contribution is 2.25. The number of nitrogens with zero attached hydrogens (tertiary/aromatic N) is 1. The van der Waals surface area contributed by atoms with Crippen molar-refractivity contribution < 1.29 is 9.59 Å². The standard InChI is InChI=1S/C21H28N2O2/c24-20(22-19-9-5-2-6-10-19)12-11-17-13-15-23(16-14-17)21(25)18-7-3-1-4-8-18/h2,5-7,9-10,17H,1,3-4,8,11-16H2,(H,22,24). The van der Waals surface area contributed by atoms with Crippen LogP contribution in [0.25, 0.3) is 0 Å². The third-order valence-corrected chi connectivity index (χ3v) is 5.30. The van der Waals surface area contributed by atoms with Crippen LogP contribution in [-0.4, -0.2) is 29.8 Å². The second kappa shape index (κ2) is 8.84. The fraction of sp³-hybridized carbons (Fsp3) is 0.524. The van der Waals surface area contributed by atoms with Crippen LogP contribution < -0.4 is 5.32 Å². The molecule has 0 radical (unpaired) electrons. The SMILES string of the molecule is O=C(CCC1CCN(C(=O)C2=CCCCC2)CC1)Nc1ccccc1. The summed E-state index contributed by atoms with van der Waals surface area (Å²) in [6.45, 7) is 1.67. The minimum atomic E-state index is 0.0806. The summed E-state index contributed by atoms with van der Waals surface area (Å²) in [7, 11) is 0. The molecule has 1 aliphatic heterocycles. The lowest BCUT2D eigenvalue weighted by Gasteiger charge is -2.33. The van der Waals surface area contributed by atoms with Gasteiger partial charge in [-0.3, -0.25) is 9.59 Å². The summed E-state index contributed by atoms with van der Waals surface area (Å²) in [6, 6.07) is 9.59.